The van der Waals surface area contributed by atoms with Gasteiger partial charge >= 0.3 is 12.1 Å². The summed E-state index contributed by atoms with van der Waals surface area (Å²) in [6, 6.07) is 15.9. The Labute approximate surface area is 169 Å². The van der Waals surface area contributed by atoms with Gasteiger partial charge in [0.05, 0.1) is 0 Å². The van der Waals surface area contributed by atoms with Crippen molar-refractivity contribution in [3.8, 4) is 5.75 Å². The minimum absolute atomic E-state index is 0.0189. The van der Waals surface area contributed by atoms with Crippen molar-refractivity contribution in [1.82, 2.24) is 5.01 Å². The van der Waals surface area contributed by atoms with Crippen molar-refractivity contribution >= 4 is 22.4 Å². The van der Waals surface area contributed by atoms with Crippen LogP contribution < -0.4 is 4.74 Å². The van der Waals surface area contributed by atoms with Crippen molar-refractivity contribution < 1.29 is 32.2 Å². The van der Waals surface area contributed by atoms with Crippen molar-refractivity contribution in [1.29, 1.82) is 0 Å². The number of carbonyl (C=O) groups is 1. The number of aliphatic hydroxyl groups is 1. The molecule has 6 nitrogen and oxygen atoms in total. The Kier molecular flexibility index (Phi) is 4.77. The Bertz CT molecular complexity index is 1140. The highest BCUT2D eigenvalue weighted by Gasteiger charge is 2.63. The lowest BCUT2D eigenvalue weighted by Gasteiger charge is -2.32. The molecule has 0 fully saturated rings. The number of hydrogen-bond acceptors (Lipinski definition) is 5. The second-order valence-electron chi connectivity index (χ2n) is 7.01. The van der Waals surface area contributed by atoms with Gasteiger partial charge in [0.25, 0.3) is 5.72 Å². The van der Waals surface area contributed by atoms with Gasteiger partial charge in [0.2, 0.25) is 0 Å². The van der Waals surface area contributed by atoms with E-state index in [9.17, 15) is 23.1 Å². The van der Waals surface area contributed by atoms with Crippen LogP contribution in [0.5, 0.6) is 5.75 Å². The third kappa shape index (κ3) is 3.52. The van der Waals surface area contributed by atoms with Gasteiger partial charge in [-0.3, -0.25) is 4.79 Å². The molecule has 1 atom stereocenters. The molecule has 30 heavy (non-hydrogen) atoms. The predicted molar refractivity (Wildman–Crippen MR) is 102 cm³/mol. The standard InChI is InChI=1S/C21H17F3N2O4/c1-13-11-20(28,21(22,23)24)26(25-13)19(27)18-9-8-17(30-18)12-29-16-7-6-14-4-2-3-5-15(14)10-16/h2-10,28H,11-12H2,1H3/t20-/m0/s1. The van der Waals surface area contributed by atoms with Crippen LogP contribution in [0.1, 0.15) is 29.7 Å². The lowest BCUT2D eigenvalue weighted by atomic mass is 10.1. The van der Waals surface area contributed by atoms with Crippen LogP contribution in [0, 0.1) is 0 Å². The highest BCUT2D eigenvalue weighted by Crippen LogP contribution is 2.41. The third-order valence-corrected chi connectivity index (χ3v) is 4.74. The molecule has 1 aliphatic heterocycles. The first-order valence-electron chi connectivity index (χ1n) is 9.05. The zero-order valence-corrected chi connectivity index (χ0v) is 15.8. The molecule has 1 N–H and O–H groups in total. The van der Waals surface area contributed by atoms with Gasteiger partial charge in [-0.05, 0) is 42.0 Å². The number of carbonyl (C=O) groups excluding carboxylic acids is 1. The van der Waals surface area contributed by atoms with Crippen molar-refractivity contribution in [3.05, 3.63) is 66.1 Å². The summed E-state index contributed by atoms with van der Waals surface area (Å²) < 4.78 is 50.9. The molecule has 156 valence electrons. The highest BCUT2D eigenvalue weighted by atomic mass is 19.4. The molecule has 9 heteroatoms. The monoisotopic (exact) mass is 418 g/mol. The third-order valence-electron chi connectivity index (χ3n) is 4.74. The summed E-state index contributed by atoms with van der Waals surface area (Å²) in [4.78, 5) is 12.5. The molecule has 0 saturated carbocycles. The number of hydrogen-bond donors (Lipinski definition) is 1. The summed E-state index contributed by atoms with van der Waals surface area (Å²) in [6.07, 6.45) is -5.89. The van der Waals surface area contributed by atoms with Crippen LogP contribution in [0.4, 0.5) is 13.2 Å². The summed E-state index contributed by atoms with van der Waals surface area (Å²) in [6.45, 7) is 1.27. The van der Waals surface area contributed by atoms with Crippen LogP contribution in [0.15, 0.2) is 64.1 Å². The molecule has 0 radical (unpaired) electrons. The van der Waals surface area contributed by atoms with E-state index in [0.717, 1.165) is 10.8 Å². The molecule has 3 aromatic rings. The van der Waals surface area contributed by atoms with Crippen LogP contribution in [0.25, 0.3) is 10.8 Å². The molecular weight excluding hydrogens is 401 g/mol. The van der Waals surface area contributed by atoms with Crippen molar-refractivity contribution in [2.45, 2.75) is 31.9 Å². The smallest absolute Gasteiger partial charge is 0.438 e. The topological polar surface area (TPSA) is 75.3 Å². The number of rotatable bonds is 4. The second-order valence-corrected chi connectivity index (χ2v) is 7.01. The van der Waals surface area contributed by atoms with Crippen LogP contribution >= 0.6 is 0 Å². The minimum Gasteiger partial charge on any atom is -0.486 e. The number of nitrogens with zero attached hydrogens (tertiary/aromatic N) is 2. The summed E-state index contributed by atoms with van der Waals surface area (Å²) in [7, 11) is 0. The number of alkyl halides is 3. The fourth-order valence-corrected chi connectivity index (χ4v) is 3.24. The van der Waals surface area contributed by atoms with Gasteiger partial charge in [0.1, 0.15) is 18.1 Å². The Morgan fingerprint density at radius 2 is 1.93 bits per heavy atom. The SMILES string of the molecule is CC1=NN(C(=O)c2ccc(COc3ccc4ccccc4c3)o2)[C@@](O)(C(F)(F)F)C1. The lowest BCUT2D eigenvalue weighted by Crippen LogP contribution is -2.56. The molecule has 4 rings (SSSR count). The van der Waals surface area contributed by atoms with Gasteiger partial charge in [-0.2, -0.15) is 23.3 Å². The predicted octanol–water partition coefficient (Wildman–Crippen LogP) is 4.48. The average Bonchev–Trinajstić information content (AvgIpc) is 3.30. The number of benzene rings is 2. The number of amides is 1. The summed E-state index contributed by atoms with van der Waals surface area (Å²) >= 11 is 0. The van der Waals surface area contributed by atoms with Crippen LogP contribution in [0.3, 0.4) is 0 Å². The van der Waals surface area contributed by atoms with Gasteiger partial charge in [-0.15, -0.1) is 0 Å². The maximum Gasteiger partial charge on any atom is 0.438 e. The van der Waals surface area contributed by atoms with E-state index < -0.39 is 24.2 Å². The van der Waals surface area contributed by atoms with Gasteiger partial charge in [0.15, 0.2) is 5.76 Å². The second kappa shape index (κ2) is 7.17. The molecular formula is C21H17F3N2O4. The number of halogens is 3. The lowest BCUT2D eigenvalue weighted by molar-refractivity contribution is -0.297. The van der Waals surface area contributed by atoms with Crippen molar-refractivity contribution in [2.24, 2.45) is 5.10 Å². The average molecular weight is 418 g/mol. The van der Waals surface area contributed by atoms with Gasteiger partial charge in [0, 0.05) is 12.1 Å². The zero-order valence-electron chi connectivity index (χ0n) is 15.8. The number of hydrazone groups is 1. The summed E-state index contributed by atoms with van der Waals surface area (Å²) in [5.74, 6) is -0.761. The number of furan rings is 1. The van der Waals surface area contributed by atoms with Crippen LogP contribution in [-0.2, 0) is 6.61 Å². The van der Waals surface area contributed by atoms with E-state index in [0.29, 0.717) is 5.75 Å². The first-order chi connectivity index (χ1) is 14.2. The molecule has 2 heterocycles. The fraction of sp³-hybridized carbons (Fsp3) is 0.238. The maximum atomic E-state index is 13.3. The maximum absolute atomic E-state index is 13.3. The molecule has 2 aromatic carbocycles. The van der Waals surface area contributed by atoms with E-state index in [1.807, 2.05) is 36.4 Å². The first kappa shape index (κ1) is 20.0. The molecule has 0 bridgehead atoms. The number of fused-ring (bicyclic) bond motifs is 1. The van der Waals surface area contributed by atoms with Gasteiger partial charge in [-0.1, -0.05) is 30.3 Å². The van der Waals surface area contributed by atoms with E-state index >= 15 is 0 Å². The highest BCUT2D eigenvalue weighted by molar-refractivity contribution is 5.96. The number of ether oxygens (including phenoxy) is 1. The largest absolute Gasteiger partial charge is 0.486 e. The molecule has 1 amide bonds. The molecule has 0 aliphatic carbocycles. The summed E-state index contributed by atoms with van der Waals surface area (Å²) in [5, 5.41) is 15.6. The Balaban J connectivity index is 1.48. The molecule has 0 saturated heterocycles. The van der Waals surface area contributed by atoms with E-state index in [-0.39, 0.29) is 28.8 Å². The zero-order chi connectivity index (χ0) is 21.5. The summed E-state index contributed by atoms with van der Waals surface area (Å²) in [5.41, 5.74) is -3.42. The Morgan fingerprint density at radius 3 is 2.67 bits per heavy atom. The van der Waals surface area contributed by atoms with E-state index in [1.54, 1.807) is 6.07 Å². The quantitative estimate of drug-likeness (QED) is 0.678. The van der Waals surface area contributed by atoms with E-state index in [1.165, 1.54) is 19.1 Å². The Morgan fingerprint density at radius 1 is 1.20 bits per heavy atom. The molecule has 0 spiro atoms. The van der Waals surface area contributed by atoms with Gasteiger partial charge < -0.3 is 14.3 Å². The fourth-order valence-electron chi connectivity index (χ4n) is 3.24. The Hall–Kier alpha value is -3.33. The van der Waals surface area contributed by atoms with E-state index in [2.05, 4.69) is 5.10 Å². The van der Waals surface area contributed by atoms with Gasteiger partial charge in [-0.25, -0.2) is 0 Å². The first-order valence-corrected chi connectivity index (χ1v) is 9.05. The van der Waals surface area contributed by atoms with Crippen molar-refractivity contribution in [3.63, 3.8) is 0 Å². The molecule has 1 aliphatic rings. The van der Waals surface area contributed by atoms with Crippen molar-refractivity contribution in [2.75, 3.05) is 0 Å². The van der Waals surface area contributed by atoms with Crippen LogP contribution in [0.2, 0.25) is 0 Å². The van der Waals surface area contributed by atoms with Crippen LogP contribution in [-0.4, -0.2) is 33.6 Å². The normalized spacial score (nSPS) is 19.2. The van der Waals surface area contributed by atoms with E-state index in [4.69, 9.17) is 9.15 Å². The molecule has 1 aromatic heterocycles. The molecule has 0 unspecified atom stereocenters. The minimum atomic E-state index is -5.07.